The molecule has 2 heterocycles. The molecule has 0 aliphatic heterocycles. The van der Waals surface area contributed by atoms with Crippen LogP contribution in [0.5, 0.6) is 0 Å². The second-order valence-corrected chi connectivity index (χ2v) is 8.23. The van der Waals surface area contributed by atoms with Crippen molar-refractivity contribution in [3.8, 4) is 5.82 Å². The maximum Gasteiger partial charge on any atom is 0.274 e. The van der Waals surface area contributed by atoms with Crippen molar-refractivity contribution in [2.45, 2.75) is 26.8 Å². The first-order valence-electron chi connectivity index (χ1n) is 9.06. The molecule has 2 aromatic heterocycles. The first kappa shape index (κ1) is 22.0. The molecular formula is C20H18BBrClN5O2. The highest BCUT2D eigenvalue weighted by atomic mass is 79.9. The van der Waals surface area contributed by atoms with Crippen molar-refractivity contribution in [2.24, 2.45) is 0 Å². The lowest BCUT2D eigenvalue weighted by Crippen LogP contribution is -2.31. The summed E-state index contributed by atoms with van der Waals surface area (Å²) in [5.74, 6) is -0.540. The Hall–Kier alpha value is -2.65. The molecule has 0 bridgehead atoms. The van der Waals surface area contributed by atoms with Crippen LogP contribution in [-0.2, 0) is 0 Å². The molecule has 3 aromatic rings. The number of nitrogens with zero attached hydrogens (tertiary/aromatic N) is 3. The molecule has 30 heavy (non-hydrogen) atoms. The predicted molar refractivity (Wildman–Crippen MR) is 121 cm³/mol. The minimum absolute atomic E-state index is 0.0622. The minimum atomic E-state index is -0.509. The topological polar surface area (TPSA) is 88.9 Å². The Kier molecular flexibility index (Phi) is 6.63. The summed E-state index contributed by atoms with van der Waals surface area (Å²) in [4.78, 5) is 30.0. The first-order chi connectivity index (χ1) is 14.2. The van der Waals surface area contributed by atoms with Gasteiger partial charge in [-0.1, -0.05) is 27.5 Å². The van der Waals surface area contributed by atoms with Gasteiger partial charge >= 0.3 is 0 Å². The Morgan fingerprint density at radius 2 is 1.97 bits per heavy atom. The SMILES string of the molecule is [B]c1cc(C(=O)Nc2c(C)cc(Br)cc2C(=O)NC(C)C)n(-c2ncccc2Cl)n1. The number of aromatic nitrogens is 3. The number of carbonyl (C=O) groups excluding carboxylic acids is 2. The lowest BCUT2D eigenvalue weighted by molar-refractivity contribution is 0.0944. The summed E-state index contributed by atoms with van der Waals surface area (Å²) in [7, 11) is 5.83. The van der Waals surface area contributed by atoms with E-state index in [1.165, 1.54) is 16.9 Å². The average Bonchev–Trinajstić information content (AvgIpc) is 3.05. The molecule has 0 unspecified atom stereocenters. The van der Waals surface area contributed by atoms with Crippen molar-refractivity contribution < 1.29 is 9.59 Å². The van der Waals surface area contributed by atoms with Crippen LogP contribution in [0, 0.1) is 6.92 Å². The quantitative estimate of drug-likeness (QED) is 0.542. The van der Waals surface area contributed by atoms with Gasteiger partial charge in [0.25, 0.3) is 11.8 Å². The highest BCUT2D eigenvalue weighted by molar-refractivity contribution is 9.10. The number of benzene rings is 1. The van der Waals surface area contributed by atoms with Gasteiger partial charge in [0.1, 0.15) is 13.5 Å². The summed E-state index contributed by atoms with van der Waals surface area (Å²) in [5, 5.41) is 10.1. The zero-order chi connectivity index (χ0) is 22.0. The van der Waals surface area contributed by atoms with Crippen LogP contribution < -0.4 is 16.2 Å². The second-order valence-electron chi connectivity index (χ2n) is 6.90. The fraction of sp³-hybridized carbons (Fsp3) is 0.200. The molecule has 0 saturated carbocycles. The summed E-state index contributed by atoms with van der Waals surface area (Å²) in [5.41, 5.74) is 1.69. The van der Waals surface area contributed by atoms with Crippen LogP contribution in [0.2, 0.25) is 5.02 Å². The van der Waals surface area contributed by atoms with Crippen LogP contribution in [0.15, 0.2) is 41.0 Å². The number of hydrogen-bond acceptors (Lipinski definition) is 4. The molecule has 2 radical (unpaired) electrons. The Bertz CT molecular complexity index is 1130. The Balaban J connectivity index is 2.02. The molecule has 0 fully saturated rings. The third-order valence-electron chi connectivity index (χ3n) is 4.10. The molecule has 7 nitrogen and oxygen atoms in total. The highest BCUT2D eigenvalue weighted by Crippen LogP contribution is 2.27. The fourth-order valence-electron chi connectivity index (χ4n) is 2.86. The number of hydrogen-bond donors (Lipinski definition) is 2. The number of anilines is 1. The van der Waals surface area contributed by atoms with Crippen molar-refractivity contribution >= 4 is 58.5 Å². The average molecular weight is 487 g/mol. The van der Waals surface area contributed by atoms with Crippen LogP contribution in [0.25, 0.3) is 5.82 Å². The lowest BCUT2D eigenvalue weighted by Gasteiger charge is -2.16. The van der Waals surface area contributed by atoms with Crippen molar-refractivity contribution in [1.29, 1.82) is 0 Å². The molecular weight excluding hydrogens is 468 g/mol. The third kappa shape index (κ3) is 4.74. The molecule has 1 aromatic carbocycles. The zero-order valence-corrected chi connectivity index (χ0v) is 18.9. The smallest absolute Gasteiger partial charge is 0.274 e. The number of halogens is 2. The number of carbonyl (C=O) groups is 2. The van der Waals surface area contributed by atoms with Crippen molar-refractivity contribution in [3.63, 3.8) is 0 Å². The van der Waals surface area contributed by atoms with Crippen LogP contribution in [0.4, 0.5) is 5.69 Å². The summed E-state index contributed by atoms with van der Waals surface area (Å²) in [6.07, 6.45) is 1.54. The molecule has 0 saturated heterocycles. The van der Waals surface area contributed by atoms with E-state index in [-0.39, 0.29) is 29.1 Å². The third-order valence-corrected chi connectivity index (χ3v) is 4.86. The number of amides is 2. The van der Waals surface area contributed by atoms with Crippen molar-refractivity contribution in [2.75, 3.05) is 5.32 Å². The number of rotatable bonds is 5. The van der Waals surface area contributed by atoms with Crippen LogP contribution >= 0.6 is 27.5 Å². The van der Waals surface area contributed by atoms with E-state index in [4.69, 9.17) is 19.4 Å². The van der Waals surface area contributed by atoms with E-state index in [2.05, 4.69) is 36.6 Å². The summed E-state index contributed by atoms with van der Waals surface area (Å²) < 4.78 is 2.00. The highest BCUT2D eigenvalue weighted by Gasteiger charge is 2.22. The maximum absolute atomic E-state index is 13.1. The summed E-state index contributed by atoms with van der Waals surface area (Å²) in [6.45, 7) is 5.52. The van der Waals surface area contributed by atoms with Gasteiger partial charge in [0, 0.05) is 22.3 Å². The largest absolute Gasteiger partial charge is 0.350 e. The van der Waals surface area contributed by atoms with Crippen LogP contribution in [0.1, 0.15) is 40.3 Å². The van der Waals surface area contributed by atoms with Gasteiger partial charge < -0.3 is 10.6 Å². The molecule has 10 heteroatoms. The van der Waals surface area contributed by atoms with Gasteiger partial charge in [-0.2, -0.15) is 5.10 Å². The van der Waals surface area contributed by atoms with E-state index in [0.29, 0.717) is 21.8 Å². The zero-order valence-electron chi connectivity index (χ0n) is 16.5. The number of aryl methyl sites for hydroxylation is 1. The molecule has 2 N–H and O–H groups in total. The fourth-order valence-corrected chi connectivity index (χ4v) is 3.64. The van der Waals surface area contributed by atoms with Gasteiger partial charge in [0.05, 0.1) is 16.3 Å². The van der Waals surface area contributed by atoms with E-state index >= 15 is 0 Å². The second kappa shape index (κ2) is 9.01. The molecule has 2 amide bonds. The first-order valence-corrected chi connectivity index (χ1v) is 10.2. The van der Waals surface area contributed by atoms with Crippen molar-refractivity contribution in [1.82, 2.24) is 20.1 Å². The van der Waals surface area contributed by atoms with Gasteiger partial charge in [-0.25, -0.2) is 9.67 Å². The van der Waals surface area contributed by atoms with E-state index in [9.17, 15) is 9.59 Å². The summed E-state index contributed by atoms with van der Waals surface area (Å²) in [6, 6.07) is 8.13. The van der Waals surface area contributed by atoms with E-state index < -0.39 is 5.91 Å². The van der Waals surface area contributed by atoms with Crippen molar-refractivity contribution in [3.05, 3.63) is 62.8 Å². The Labute approximate surface area is 188 Å². The Morgan fingerprint density at radius 1 is 1.23 bits per heavy atom. The molecule has 0 aliphatic rings. The molecule has 152 valence electrons. The normalized spacial score (nSPS) is 10.9. The Morgan fingerprint density at radius 3 is 2.63 bits per heavy atom. The van der Waals surface area contributed by atoms with Gasteiger partial charge in [-0.05, 0) is 56.7 Å². The van der Waals surface area contributed by atoms with Crippen LogP contribution in [-0.4, -0.2) is 40.5 Å². The molecule has 0 spiro atoms. The van der Waals surface area contributed by atoms with Crippen LogP contribution in [0.3, 0.4) is 0 Å². The number of nitrogens with one attached hydrogen (secondary N) is 2. The van der Waals surface area contributed by atoms with Gasteiger partial charge in [0.2, 0.25) is 0 Å². The predicted octanol–water partition coefficient (Wildman–Crippen LogP) is 3.18. The summed E-state index contributed by atoms with van der Waals surface area (Å²) >= 11 is 9.61. The standard InChI is InChI=1S/C20H18BBrClN5O2/c1-10(2)25-19(29)13-8-12(22)7-11(3)17(13)26-20(30)15-9-16(21)27-28(15)18-14(23)5-4-6-24-18/h4-10H,1-3H3,(H,25,29)(H,26,30). The van der Waals surface area contributed by atoms with E-state index in [1.807, 2.05) is 19.9 Å². The van der Waals surface area contributed by atoms with Gasteiger partial charge in [-0.15, -0.1) is 0 Å². The van der Waals surface area contributed by atoms with Gasteiger partial charge in [0.15, 0.2) is 5.82 Å². The minimum Gasteiger partial charge on any atom is -0.350 e. The molecule has 3 rings (SSSR count). The van der Waals surface area contributed by atoms with E-state index in [0.717, 1.165) is 4.47 Å². The number of pyridine rings is 1. The molecule has 0 aliphatic carbocycles. The van der Waals surface area contributed by atoms with E-state index in [1.54, 1.807) is 25.1 Å². The lowest BCUT2D eigenvalue weighted by atomic mass is 10.0. The maximum atomic E-state index is 13.1. The van der Waals surface area contributed by atoms with Gasteiger partial charge in [-0.3, -0.25) is 9.59 Å². The molecule has 0 atom stereocenters. The monoisotopic (exact) mass is 485 g/mol.